The number of hydrogen-bond acceptors (Lipinski definition) is 3. The molecular weight excluding hydrogens is 212 g/mol. The fraction of sp³-hybridized carbons (Fsp3) is 1.00. The molecule has 1 saturated heterocycles. The van der Waals surface area contributed by atoms with Gasteiger partial charge in [-0.15, -0.1) is 0 Å². The number of hydrazine groups is 1. The lowest BCUT2D eigenvalue weighted by Crippen LogP contribution is -2.42. The molecule has 17 heavy (non-hydrogen) atoms. The molecular formula is C14H30N2O. The van der Waals surface area contributed by atoms with E-state index >= 15 is 0 Å². The molecule has 0 aromatic carbocycles. The lowest BCUT2D eigenvalue weighted by atomic mass is 9.83. The van der Waals surface area contributed by atoms with Crippen molar-refractivity contribution in [2.45, 2.75) is 64.8 Å². The lowest BCUT2D eigenvalue weighted by Gasteiger charge is -2.31. The van der Waals surface area contributed by atoms with E-state index in [0.717, 1.165) is 25.0 Å². The Hall–Kier alpha value is -0.120. The number of nitrogens with one attached hydrogen (secondary N) is 1. The molecule has 102 valence electrons. The minimum Gasteiger partial charge on any atom is -0.381 e. The molecule has 1 fully saturated rings. The Morgan fingerprint density at radius 3 is 2.53 bits per heavy atom. The smallest absolute Gasteiger partial charge is 0.0468 e. The van der Waals surface area contributed by atoms with Crippen LogP contribution in [-0.2, 0) is 4.74 Å². The first-order valence-corrected chi connectivity index (χ1v) is 7.35. The highest BCUT2D eigenvalue weighted by Crippen LogP contribution is 2.26. The number of rotatable bonds is 8. The molecule has 3 N–H and O–H groups in total. The Kier molecular flexibility index (Phi) is 7.82. The summed E-state index contributed by atoms with van der Waals surface area (Å²) in [4.78, 5) is 0. The van der Waals surface area contributed by atoms with Crippen molar-refractivity contribution in [3.8, 4) is 0 Å². The van der Waals surface area contributed by atoms with Gasteiger partial charge in [0.15, 0.2) is 0 Å². The maximum atomic E-state index is 5.76. The number of ether oxygens (including phenoxy) is 1. The van der Waals surface area contributed by atoms with Crippen LogP contribution in [0, 0.1) is 11.8 Å². The van der Waals surface area contributed by atoms with Crippen molar-refractivity contribution >= 4 is 0 Å². The third-order valence-electron chi connectivity index (χ3n) is 4.16. The predicted molar refractivity (Wildman–Crippen MR) is 72.6 cm³/mol. The van der Waals surface area contributed by atoms with Gasteiger partial charge in [0.2, 0.25) is 0 Å². The zero-order chi connectivity index (χ0) is 12.5. The standard InChI is InChI=1S/C14H30N2O/c1-3-5-6-13(4-2)14(16-15)11-12-7-9-17-10-8-12/h12-14,16H,3-11,15H2,1-2H3. The van der Waals surface area contributed by atoms with Crippen LogP contribution in [-0.4, -0.2) is 19.3 Å². The molecule has 3 nitrogen and oxygen atoms in total. The van der Waals surface area contributed by atoms with E-state index in [9.17, 15) is 0 Å². The molecule has 0 spiro atoms. The number of unbranched alkanes of at least 4 members (excludes halogenated alkanes) is 1. The Labute approximate surface area is 106 Å². The van der Waals surface area contributed by atoms with E-state index in [-0.39, 0.29) is 0 Å². The molecule has 0 aliphatic carbocycles. The van der Waals surface area contributed by atoms with Crippen molar-refractivity contribution in [3.63, 3.8) is 0 Å². The van der Waals surface area contributed by atoms with Gasteiger partial charge in [-0.05, 0) is 37.5 Å². The van der Waals surface area contributed by atoms with Crippen LogP contribution in [0.3, 0.4) is 0 Å². The van der Waals surface area contributed by atoms with Gasteiger partial charge in [0.05, 0.1) is 0 Å². The van der Waals surface area contributed by atoms with Gasteiger partial charge in [-0.2, -0.15) is 0 Å². The molecule has 2 atom stereocenters. The molecule has 0 aromatic heterocycles. The van der Waals surface area contributed by atoms with E-state index in [4.69, 9.17) is 10.6 Å². The SMILES string of the molecule is CCCCC(CC)C(CC1CCOCC1)NN. The van der Waals surface area contributed by atoms with E-state index in [1.807, 2.05) is 0 Å². The Balaban J connectivity index is 2.37. The zero-order valence-electron chi connectivity index (χ0n) is 11.6. The maximum Gasteiger partial charge on any atom is 0.0468 e. The average Bonchev–Trinajstić information content (AvgIpc) is 2.39. The molecule has 0 amide bonds. The van der Waals surface area contributed by atoms with Crippen molar-refractivity contribution in [1.29, 1.82) is 0 Å². The van der Waals surface area contributed by atoms with Crippen molar-refractivity contribution in [2.75, 3.05) is 13.2 Å². The fourth-order valence-corrected chi connectivity index (χ4v) is 2.89. The second-order valence-electron chi connectivity index (χ2n) is 5.38. The van der Waals surface area contributed by atoms with E-state index in [2.05, 4.69) is 19.3 Å². The topological polar surface area (TPSA) is 47.3 Å². The third-order valence-corrected chi connectivity index (χ3v) is 4.16. The van der Waals surface area contributed by atoms with Gasteiger partial charge in [-0.3, -0.25) is 11.3 Å². The van der Waals surface area contributed by atoms with Gasteiger partial charge < -0.3 is 4.74 Å². The van der Waals surface area contributed by atoms with Gasteiger partial charge in [-0.1, -0.05) is 33.1 Å². The number of nitrogens with two attached hydrogens (primary N) is 1. The Morgan fingerprint density at radius 1 is 1.29 bits per heavy atom. The molecule has 1 rings (SSSR count). The fourth-order valence-electron chi connectivity index (χ4n) is 2.89. The monoisotopic (exact) mass is 242 g/mol. The van der Waals surface area contributed by atoms with Crippen LogP contribution in [0.25, 0.3) is 0 Å². The summed E-state index contributed by atoms with van der Waals surface area (Å²) in [6.45, 7) is 6.42. The highest BCUT2D eigenvalue weighted by molar-refractivity contribution is 4.78. The van der Waals surface area contributed by atoms with Crippen LogP contribution < -0.4 is 11.3 Å². The van der Waals surface area contributed by atoms with Crippen molar-refractivity contribution in [3.05, 3.63) is 0 Å². The largest absolute Gasteiger partial charge is 0.381 e. The van der Waals surface area contributed by atoms with E-state index in [1.165, 1.54) is 44.9 Å². The summed E-state index contributed by atoms with van der Waals surface area (Å²) < 4.78 is 5.41. The van der Waals surface area contributed by atoms with Crippen LogP contribution in [0.1, 0.15) is 58.8 Å². The molecule has 0 aromatic rings. The highest BCUT2D eigenvalue weighted by atomic mass is 16.5. The molecule has 1 heterocycles. The summed E-state index contributed by atoms with van der Waals surface area (Å²) in [7, 11) is 0. The van der Waals surface area contributed by atoms with Crippen LogP contribution in [0.2, 0.25) is 0 Å². The molecule has 3 heteroatoms. The molecule has 1 aliphatic rings. The maximum absolute atomic E-state index is 5.76. The van der Waals surface area contributed by atoms with Crippen LogP contribution >= 0.6 is 0 Å². The zero-order valence-corrected chi connectivity index (χ0v) is 11.6. The minimum absolute atomic E-state index is 0.495. The van der Waals surface area contributed by atoms with E-state index in [0.29, 0.717) is 6.04 Å². The van der Waals surface area contributed by atoms with Crippen LogP contribution in [0.4, 0.5) is 0 Å². The summed E-state index contributed by atoms with van der Waals surface area (Å²) in [5.41, 5.74) is 3.07. The summed E-state index contributed by atoms with van der Waals surface area (Å²) in [5, 5.41) is 0. The number of hydrogen-bond donors (Lipinski definition) is 2. The second-order valence-corrected chi connectivity index (χ2v) is 5.38. The first-order chi connectivity index (χ1) is 8.31. The van der Waals surface area contributed by atoms with Gasteiger partial charge in [0.25, 0.3) is 0 Å². The Morgan fingerprint density at radius 2 is 2.00 bits per heavy atom. The van der Waals surface area contributed by atoms with E-state index < -0.39 is 0 Å². The highest BCUT2D eigenvalue weighted by Gasteiger charge is 2.23. The molecule has 0 saturated carbocycles. The molecule has 2 unspecified atom stereocenters. The van der Waals surface area contributed by atoms with Crippen molar-refractivity contribution in [2.24, 2.45) is 17.7 Å². The molecule has 0 radical (unpaired) electrons. The summed E-state index contributed by atoms with van der Waals surface area (Å²) >= 11 is 0. The summed E-state index contributed by atoms with van der Waals surface area (Å²) in [6, 6.07) is 0.495. The first kappa shape index (κ1) is 14.9. The van der Waals surface area contributed by atoms with Crippen LogP contribution in [0.15, 0.2) is 0 Å². The second kappa shape index (κ2) is 8.90. The van der Waals surface area contributed by atoms with Gasteiger partial charge in [-0.25, -0.2) is 0 Å². The van der Waals surface area contributed by atoms with E-state index in [1.54, 1.807) is 0 Å². The minimum atomic E-state index is 0.495. The summed E-state index contributed by atoms with van der Waals surface area (Å²) in [5.74, 6) is 7.30. The predicted octanol–water partition coefficient (Wildman–Crippen LogP) is 2.85. The lowest BCUT2D eigenvalue weighted by molar-refractivity contribution is 0.0573. The molecule has 1 aliphatic heterocycles. The summed E-state index contributed by atoms with van der Waals surface area (Å²) in [6.07, 6.45) is 8.80. The van der Waals surface area contributed by atoms with Gasteiger partial charge >= 0.3 is 0 Å². The first-order valence-electron chi connectivity index (χ1n) is 7.35. The van der Waals surface area contributed by atoms with Crippen molar-refractivity contribution < 1.29 is 4.74 Å². The van der Waals surface area contributed by atoms with Crippen molar-refractivity contribution in [1.82, 2.24) is 5.43 Å². The van der Waals surface area contributed by atoms with Crippen LogP contribution in [0.5, 0.6) is 0 Å². The normalized spacial score (nSPS) is 21.4. The quantitative estimate of drug-likeness (QED) is 0.508. The molecule has 0 bridgehead atoms. The average molecular weight is 242 g/mol. The van der Waals surface area contributed by atoms with Gasteiger partial charge in [0.1, 0.15) is 0 Å². The van der Waals surface area contributed by atoms with Gasteiger partial charge in [0, 0.05) is 19.3 Å². The Bertz CT molecular complexity index is 181. The third kappa shape index (κ3) is 5.36.